The third kappa shape index (κ3) is 4.21. The first-order chi connectivity index (χ1) is 4.18. The van der Waals surface area contributed by atoms with Crippen LogP contribution in [0.1, 0.15) is 20.8 Å². The largest absolute Gasteiger partial charge is 0.296 e. The Bertz CT molecular complexity index is 118. The van der Waals surface area contributed by atoms with E-state index in [0.29, 0.717) is 11.0 Å². The second-order valence-electron chi connectivity index (χ2n) is 1.97. The summed E-state index contributed by atoms with van der Waals surface area (Å²) in [6, 6.07) is 0. The van der Waals surface area contributed by atoms with Gasteiger partial charge in [-0.3, -0.25) is 5.41 Å². The molecule has 0 unspecified atom stereocenters. The van der Waals surface area contributed by atoms with E-state index in [1.807, 2.05) is 20.8 Å². The molecule has 1 N–H and O–H groups in total. The summed E-state index contributed by atoms with van der Waals surface area (Å²) < 4.78 is 3.86. The van der Waals surface area contributed by atoms with Crippen LogP contribution in [-0.2, 0) is 0 Å². The summed E-state index contributed by atoms with van der Waals surface area (Å²) in [5.74, 6) is 0.304. The van der Waals surface area contributed by atoms with E-state index in [2.05, 4.69) is 4.40 Å². The Labute approximate surface area is 60.4 Å². The lowest BCUT2D eigenvalue weighted by Gasteiger charge is -1.99. The minimum atomic E-state index is 0.304. The molecule has 0 saturated heterocycles. The normalized spacial score (nSPS) is 11.1. The molecule has 0 saturated carbocycles. The monoisotopic (exact) mass is 144 g/mol. The fourth-order valence-electron chi connectivity index (χ4n) is 0.215. The molecule has 0 bridgehead atoms. The molecule has 0 atom stereocenters. The molecule has 0 aliphatic carbocycles. The maximum atomic E-state index is 7.30. The Morgan fingerprint density at radius 3 is 2.56 bits per heavy atom. The van der Waals surface area contributed by atoms with Crippen LogP contribution in [0.3, 0.4) is 0 Å². The maximum absolute atomic E-state index is 7.30. The van der Waals surface area contributed by atoms with Gasteiger partial charge in [-0.15, -0.1) is 0 Å². The van der Waals surface area contributed by atoms with E-state index in [0.717, 1.165) is 0 Å². The van der Waals surface area contributed by atoms with E-state index in [1.54, 1.807) is 6.21 Å². The minimum Gasteiger partial charge on any atom is -0.296 e. The fourth-order valence-corrected chi connectivity index (χ4v) is 0.645. The van der Waals surface area contributed by atoms with Gasteiger partial charge in [-0.25, -0.2) is 4.40 Å². The molecule has 0 spiro atoms. The SMILES string of the molecule is CC=NSC(=N)C(C)C. The van der Waals surface area contributed by atoms with Crippen LogP contribution in [-0.4, -0.2) is 11.3 Å². The lowest BCUT2D eigenvalue weighted by molar-refractivity contribution is 0.894. The standard InChI is InChI=1S/C6H12N2S/c1-4-8-9-6(7)5(2)3/h4-5,7H,1-3H3. The molecule has 0 rings (SSSR count). The number of hydrogen-bond donors (Lipinski definition) is 1. The van der Waals surface area contributed by atoms with Gasteiger partial charge in [-0.2, -0.15) is 0 Å². The van der Waals surface area contributed by atoms with Gasteiger partial charge in [-0.1, -0.05) is 13.8 Å². The van der Waals surface area contributed by atoms with Gasteiger partial charge in [-0.05, 0) is 6.92 Å². The molecule has 3 heteroatoms. The molecule has 0 radical (unpaired) electrons. The molecule has 9 heavy (non-hydrogen) atoms. The van der Waals surface area contributed by atoms with Crippen LogP contribution in [0.25, 0.3) is 0 Å². The Morgan fingerprint density at radius 2 is 2.22 bits per heavy atom. The zero-order valence-electron chi connectivity index (χ0n) is 6.01. The van der Waals surface area contributed by atoms with Crippen LogP contribution in [0.5, 0.6) is 0 Å². The zero-order chi connectivity index (χ0) is 7.28. The predicted molar refractivity (Wildman–Crippen MR) is 44.3 cm³/mol. The maximum Gasteiger partial charge on any atom is 0.0894 e. The van der Waals surface area contributed by atoms with Crippen LogP contribution in [0, 0.1) is 11.3 Å². The first-order valence-electron chi connectivity index (χ1n) is 2.92. The highest BCUT2D eigenvalue weighted by atomic mass is 32.2. The van der Waals surface area contributed by atoms with Gasteiger partial charge in [0.15, 0.2) is 0 Å². The van der Waals surface area contributed by atoms with E-state index in [9.17, 15) is 0 Å². The van der Waals surface area contributed by atoms with Gasteiger partial charge in [0.25, 0.3) is 0 Å². The van der Waals surface area contributed by atoms with Gasteiger partial charge in [0, 0.05) is 24.1 Å². The van der Waals surface area contributed by atoms with Crippen LogP contribution < -0.4 is 0 Å². The van der Waals surface area contributed by atoms with Crippen molar-refractivity contribution in [1.82, 2.24) is 0 Å². The van der Waals surface area contributed by atoms with E-state index >= 15 is 0 Å². The molecular formula is C6H12N2S. The Kier molecular flexibility index (Phi) is 4.40. The van der Waals surface area contributed by atoms with Gasteiger partial charge >= 0.3 is 0 Å². The average molecular weight is 144 g/mol. The number of hydrogen-bond acceptors (Lipinski definition) is 3. The van der Waals surface area contributed by atoms with Crippen molar-refractivity contribution in [2.24, 2.45) is 10.3 Å². The molecule has 0 heterocycles. The Hall–Kier alpha value is -0.310. The highest BCUT2D eigenvalue weighted by Gasteiger charge is 2.00. The molecule has 0 aromatic carbocycles. The van der Waals surface area contributed by atoms with Crippen molar-refractivity contribution in [3.63, 3.8) is 0 Å². The lowest BCUT2D eigenvalue weighted by Crippen LogP contribution is -1.98. The summed E-state index contributed by atoms with van der Waals surface area (Å²) in [7, 11) is 0. The van der Waals surface area contributed by atoms with Gasteiger partial charge in [0.05, 0.1) is 5.04 Å². The number of nitrogens with zero attached hydrogens (tertiary/aromatic N) is 1. The summed E-state index contributed by atoms with van der Waals surface area (Å²) in [5.41, 5.74) is 0. The summed E-state index contributed by atoms with van der Waals surface area (Å²) in [5, 5.41) is 7.91. The van der Waals surface area contributed by atoms with Gasteiger partial charge < -0.3 is 0 Å². The Balaban J connectivity index is 3.51. The highest BCUT2D eigenvalue weighted by Crippen LogP contribution is 2.10. The first-order valence-corrected chi connectivity index (χ1v) is 3.69. The van der Waals surface area contributed by atoms with E-state index in [1.165, 1.54) is 11.9 Å². The second-order valence-corrected chi connectivity index (χ2v) is 2.81. The summed E-state index contributed by atoms with van der Waals surface area (Å²) in [6.45, 7) is 5.82. The topological polar surface area (TPSA) is 36.2 Å². The van der Waals surface area contributed by atoms with Crippen molar-refractivity contribution in [2.75, 3.05) is 0 Å². The first kappa shape index (κ1) is 8.69. The third-order valence-electron chi connectivity index (χ3n) is 0.781. The van der Waals surface area contributed by atoms with E-state index < -0.39 is 0 Å². The molecule has 0 fully saturated rings. The molecule has 0 amide bonds. The van der Waals surface area contributed by atoms with Crippen LogP contribution in [0.4, 0.5) is 0 Å². The minimum absolute atomic E-state index is 0.304. The van der Waals surface area contributed by atoms with Crippen molar-refractivity contribution in [2.45, 2.75) is 20.8 Å². The summed E-state index contributed by atoms with van der Waals surface area (Å²) >= 11 is 1.24. The zero-order valence-corrected chi connectivity index (χ0v) is 6.83. The smallest absolute Gasteiger partial charge is 0.0894 e. The Morgan fingerprint density at radius 1 is 1.67 bits per heavy atom. The van der Waals surface area contributed by atoms with Crippen LogP contribution in [0.15, 0.2) is 4.40 Å². The predicted octanol–water partition coefficient (Wildman–Crippen LogP) is 2.36. The molecule has 2 nitrogen and oxygen atoms in total. The summed E-state index contributed by atoms with van der Waals surface area (Å²) in [4.78, 5) is 0. The molecule has 52 valence electrons. The second kappa shape index (κ2) is 4.56. The van der Waals surface area contributed by atoms with Crippen molar-refractivity contribution in [3.8, 4) is 0 Å². The average Bonchev–Trinajstić information content (AvgIpc) is 1.82. The van der Waals surface area contributed by atoms with Crippen LogP contribution in [0.2, 0.25) is 0 Å². The third-order valence-corrected chi connectivity index (χ3v) is 1.77. The van der Waals surface area contributed by atoms with E-state index in [-0.39, 0.29) is 0 Å². The lowest BCUT2D eigenvalue weighted by atomic mass is 10.2. The quantitative estimate of drug-likeness (QED) is 0.360. The molecule has 0 aliphatic heterocycles. The molecule has 0 aromatic rings. The van der Waals surface area contributed by atoms with Crippen molar-refractivity contribution in [3.05, 3.63) is 0 Å². The highest BCUT2D eigenvalue weighted by molar-refractivity contribution is 8.12. The molecule has 0 aliphatic rings. The van der Waals surface area contributed by atoms with Crippen LogP contribution >= 0.6 is 11.9 Å². The molecular weight excluding hydrogens is 132 g/mol. The van der Waals surface area contributed by atoms with Crippen molar-refractivity contribution < 1.29 is 0 Å². The van der Waals surface area contributed by atoms with Gasteiger partial charge in [0.2, 0.25) is 0 Å². The number of nitrogens with one attached hydrogen (secondary N) is 1. The van der Waals surface area contributed by atoms with Gasteiger partial charge in [0.1, 0.15) is 0 Å². The summed E-state index contributed by atoms with van der Waals surface area (Å²) in [6.07, 6.45) is 1.70. The van der Waals surface area contributed by atoms with Crippen molar-refractivity contribution >= 4 is 23.2 Å². The van der Waals surface area contributed by atoms with E-state index in [4.69, 9.17) is 5.41 Å². The molecule has 0 aromatic heterocycles. The fraction of sp³-hybridized carbons (Fsp3) is 0.667. The number of rotatable bonds is 2. The van der Waals surface area contributed by atoms with Crippen molar-refractivity contribution in [1.29, 1.82) is 5.41 Å².